The lowest BCUT2D eigenvalue weighted by Gasteiger charge is -2.50. The third-order valence-electron chi connectivity index (χ3n) is 9.28. The SMILES string of the molecule is O=C1[C@H]2[C@H](CC=C3[C@H]2C[C@@]2(Cl)C(=O)N(c4ccc(F)cc4)C(=O)[C@@]2(Cl)[C@H]3c2cc(Cl)ccc2O)C(=O)N1c1ccc(I)cc1. The number of halogens is 5. The molecule has 1 N–H and O–H groups in total. The van der Waals surface area contributed by atoms with Gasteiger partial charge < -0.3 is 5.11 Å². The van der Waals surface area contributed by atoms with Crippen molar-refractivity contribution in [3.05, 3.63) is 98.4 Å². The number of nitrogens with zero attached hydrogens (tertiary/aromatic N) is 2. The van der Waals surface area contributed by atoms with Crippen LogP contribution in [0.15, 0.2) is 78.4 Å². The second-order valence-corrected chi connectivity index (χ2v) is 14.4. The van der Waals surface area contributed by atoms with Crippen molar-refractivity contribution in [3.8, 4) is 5.75 Å². The van der Waals surface area contributed by atoms with Gasteiger partial charge in [-0.3, -0.25) is 24.1 Å². The fraction of sp³-hybridized carbons (Fsp3) is 0.250. The largest absolute Gasteiger partial charge is 0.508 e. The van der Waals surface area contributed by atoms with E-state index < -0.39 is 57.0 Å². The highest BCUT2D eigenvalue weighted by Crippen LogP contribution is 2.66. The van der Waals surface area contributed by atoms with Crippen molar-refractivity contribution in [1.29, 1.82) is 0 Å². The van der Waals surface area contributed by atoms with Crippen LogP contribution in [-0.4, -0.2) is 38.5 Å². The smallest absolute Gasteiger partial charge is 0.258 e. The number of hydrogen-bond acceptors (Lipinski definition) is 5. The highest BCUT2D eigenvalue weighted by atomic mass is 127. The number of allylic oxidation sites excluding steroid dienone is 2. The Hall–Kier alpha value is -2.99. The summed E-state index contributed by atoms with van der Waals surface area (Å²) >= 11 is 23.1. The van der Waals surface area contributed by atoms with Crippen molar-refractivity contribution in [3.63, 3.8) is 0 Å². The van der Waals surface area contributed by atoms with Crippen LogP contribution in [0.4, 0.5) is 15.8 Å². The third kappa shape index (κ3) is 3.98. The predicted octanol–water partition coefficient (Wildman–Crippen LogP) is 6.56. The van der Waals surface area contributed by atoms with Crippen molar-refractivity contribution >= 4 is 92.4 Å². The van der Waals surface area contributed by atoms with Crippen LogP contribution in [0.25, 0.3) is 0 Å². The van der Waals surface area contributed by atoms with Crippen LogP contribution < -0.4 is 9.80 Å². The molecule has 3 fully saturated rings. The van der Waals surface area contributed by atoms with Gasteiger partial charge in [-0.05, 0) is 108 Å². The van der Waals surface area contributed by atoms with E-state index in [0.29, 0.717) is 11.3 Å². The van der Waals surface area contributed by atoms with Crippen molar-refractivity contribution < 1.29 is 28.7 Å². The monoisotopic (exact) mass is 764 g/mol. The Kier molecular flexibility index (Phi) is 6.93. The molecule has 2 saturated heterocycles. The molecule has 7 nitrogen and oxygen atoms in total. The summed E-state index contributed by atoms with van der Waals surface area (Å²) in [7, 11) is 0. The van der Waals surface area contributed by atoms with Crippen LogP contribution in [0.2, 0.25) is 5.02 Å². The van der Waals surface area contributed by atoms with Crippen molar-refractivity contribution in [2.75, 3.05) is 9.80 Å². The summed E-state index contributed by atoms with van der Waals surface area (Å²) in [4.78, 5) is 54.2. The van der Waals surface area contributed by atoms with Gasteiger partial charge in [0.05, 0.1) is 23.2 Å². The minimum atomic E-state index is -2.17. The molecule has 4 aliphatic rings. The fourth-order valence-corrected chi connectivity index (χ4v) is 8.81. The van der Waals surface area contributed by atoms with Gasteiger partial charge in [-0.1, -0.05) is 23.3 Å². The molecule has 3 aromatic carbocycles. The maximum atomic E-state index is 14.3. The Morgan fingerprint density at radius 3 is 2.16 bits per heavy atom. The van der Waals surface area contributed by atoms with Gasteiger partial charge in [-0.25, -0.2) is 9.29 Å². The Morgan fingerprint density at radius 1 is 0.841 bits per heavy atom. The van der Waals surface area contributed by atoms with Crippen molar-refractivity contribution in [2.45, 2.75) is 28.5 Å². The summed E-state index contributed by atoms with van der Waals surface area (Å²) in [6.07, 6.45) is 1.72. The number of hydrogen-bond donors (Lipinski definition) is 1. The standard InChI is InChI=1S/C32H21Cl3FIN2O5/c33-15-1-12-24(40)22(13-15)26-20-10-11-21-25(28(42)38(27(21)41)18-8-4-17(37)5-9-18)23(20)14-31(34)29(43)39(30(44)32(26,31)35)19-6-2-16(36)3-7-19/h1-10,12-13,21,23,25-26,40H,11,14H2/t21-,23+,25-,26+,31+,32-/m0/s1. The number of carbonyl (C=O) groups excluding carboxylic acids is 4. The van der Waals surface area contributed by atoms with Crippen molar-refractivity contribution in [2.24, 2.45) is 17.8 Å². The van der Waals surface area contributed by atoms with E-state index in [2.05, 4.69) is 22.6 Å². The fourth-order valence-electron chi connectivity index (χ4n) is 7.35. The molecule has 0 aromatic heterocycles. The number of fused-ring (bicyclic) bond motifs is 4. The van der Waals surface area contributed by atoms with E-state index in [4.69, 9.17) is 34.8 Å². The summed E-state index contributed by atoms with van der Waals surface area (Å²) in [5, 5.41) is 11.3. The number of amides is 4. The average Bonchev–Trinajstić information content (AvgIpc) is 3.33. The maximum absolute atomic E-state index is 14.3. The molecule has 0 bridgehead atoms. The molecule has 3 aromatic rings. The van der Waals surface area contributed by atoms with E-state index in [9.17, 15) is 28.7 Å². The highest BCUT2D eigenvalue weighted by molar-refractivity contribution is 14.1. The molecule has 0 unspecified atom stereocenters. The predicted molar refractivity (Wildman–Crippen MR) is 171 cm³/mol. The first-order chi connectivity index (χ1) is 20.9. The highest BCUT2D eigenvalue weighted by Gasteiger charge is 2.77. The van der Waals surface area contributed by atoms with Crippen LogP contribution >= 0.6 is 57.4 Å². The number of rotatable bonds is 3. The van der Waals surface area contributed by atoms with E-state index in [0.717, 1.165) is 20.6 Å². The second-order valence-electron chi connectivity index (χ2n) is 11.4. The molecular weight excluding hydrogens is 745 g/mol. The molecule has 1 saturated carbocycles. The van der Waals surface area contributed by atoms with Crippen LogP contribution in [0.3, 0.4) is 0 Å². The number of benzene rings is 3. The first-order valence-corrected chi connectivity index (χ1v) is 15.9. The molecule has 6 atom stereocenters. The van der Waals surface area contributed by atoms with Gasteiger partial charge in [0.15, 0.2) is 9.75 Å². The normalized spacial score (nSPS) is 31.2. The van der Waals surface area contributed by atoms with Crippen LogP contribution in [0, 0.1) is 27.1 Å². The lowest BCUT2D eigenvalue weighted by molar-refractivity contribution is -0.125. The van der Waals surface area contributed by atoms with E-state index in [1.807, 2.05) is 0 Å². The number of phenolic OH excluding ortho intramolecular Hbond substituents is 1. The van der Waals surface area contributed by atoms with Gasteiger partial charge in [0.1, 0.15) is 11.6 Å². The zero-order valence-corrected chi connectivity index (χ0v) is 26.9. The van der Waals surface area contributed by atoms with Crippen LogP contribution in [0.1, 0.15) is 24.3 Å². The van der Waals surface area contributed by atoms with Gasteiger partial charge >= 0.3 is 0 Å². The first kappa shape index (κ1) is 29.7. The van der Waals surface area contributed by atoms with E-state index in [1.165, 1.54) is 35.2 Å². The van der Waals surface area contributed by atoms with Gasteiger partial charge in [0, 0.05) is 20.1 Å². The molecule has 4 amide bonds. The molecule has 2 heterocycles. The summed E-state index contributed by atoms with van der Waals surface area (Å²) in [5.74, 6) is -6.93. The van der Waals surface area contributed by atoms with Gasteiger partial charge in [0.2, 0.25) is 11.8 Å². The van der Waals surface area contributed by atoms with Gasteiger partial charge in [0.25, 0.3) is 11.8 Å². The first-order valence-electron chi connectivity index (χ1n) is 13.7. The van der Waals surface area contributed by atoms with Crippen LogP contribution in [-0.2, 0) is 19.2 Å². The lowest BCUT2D eigenvalue weighted by atomic mass is 9.56. The van der Waals surface area contributed by atoms with Crippen LogP contribution in [0.5, 0.6) is 5.75 Å². The molecule has 2 aliphatic carbocycles. The Bertz CT molecular complexity index is 1820. The summed E-state index contributed by atoms with van der Waals surface area (Å²) in [6, 6.07) is 16.0. The minimum Gasteiger partial charge on any atom is -0.508 e. The molecule has 2 aliphatic heterocycles. The number of alkyl halides is 2. The quantitative estimate of drug-likeness (QED) is 0.141. The molecule has 12 heteroatoms. The van der Waals surface area contributed by atoms with E-state index in [-0.39, 0.29) is 40.8 Å². The lowest BCUT2D eigenvalue weighted by Crippen LogP contribution is -2.60. The number of carbonyl (C=O) groups is 4. The van der Waals surface area contributed by atoms with E-state index in [1.54, 1.807) is 30.3 Å². The number of imide groups is 2. The zero-order valence-electron chi connectivity index (χ0n) is 22.5. The minimum absolute atomic E-state index is 0.0664. The zero-order chi connectivity index (χ0) is 31.3. The molecule has 7 rings (SSSR count). The topological polar surface area (TPSA) is 95.0 Å². The van der Waals surface area contributed by atoms with Gasteiger partial charge in [-0.15, -0.1) is 23.2 Å². The Labute approximate surface area is 279 Å². The molecular formula is C32H21Cl3FIN2O5. The maximum Gasteiger partial charge on any atom is 0.258 e. The number of anilines is 2. The Balaban J connectivity index is 1.41. The van der Waals surface area contributed by atoms with Crippen molar-refractivity contribution in [1.82, 2.24) is 0 Å². The molecule has 0 radical (unpaired) electrons. The average molecular weight is 766 g/mol. The molecule has 0 spiro atoms. The Morgan fingerprint density at radius 2 is 1.48 bits per heavy atom. The van der Waals surface area contributed by atoms with E-state index >= 15 is 0 Å². The summed E-state index contributed by atoms with van der Waals surface area (Å²) < 4.78 is 14.7. The number of aromatic hydroxyl groups is 1. The third-order valence-corrected chi connectivity index (χ3v) is 11.6. The summed E-state index contributed by atoms with van der Waals surface area (Å²) in [6.45, 7) is 0. The van der Waals surface area contributed by atoms with Gasteiger partial charge in [-0.2, -0.15) is 0 Å². The summed E-state index contributed by atoms with van der Waals surface area (Å²) in [5.41, 5.74) is 1.16. The second kappa shape index (κ2) is 10.3. The molecule has 44 heavy (non-hydrogen) atoms. The number of phenols is 1. The molecule has 224 valence electrons.